The quantitative estimate of drug-likeness (QED) is 0.611. The summed E-state index contributed by atoms with van der Waals surface area (Å²) < 4.78 is 11.5. The lowest BCUT2D eigenvalue weighted by molar-refractivity contribution is -0.153. The Bertz CT molecular complexity index is 762. The van der Waals surface area contributed by atoms with E-state index in [2.05, 4.69) is 0 Å². The molecule has 1 aromatic carbocycles. The van der Waals surface area contributed by atoms with Crippen molar-refractivity contribution in [3.8, 4) is 0 Å². The fourth-order valence-electron chi connectivity index (χ4n) is 3.97. The van der Waals surface area contributed by atoms with Gasteiger partial charge in [-0.15, -0.1) is 0 Å². The van der Waals surface area contributed by atoms with Crippen LogP contribution in [0.25, 0.3) is 0 Å². The van der Waals surface area contributed by atoms with Gasteiger partial charge in [-0.25, -0.2) is 0 Å². The average Bonchev–Trinajstić information content (AvgIpc) is 3.21. The maximum Gasteiger partial charge on any atom is 0.312 e. The Morgan fingerprint density at radius 3 is 3.00 bits per heavy atom. The van der Waals surface area contributed by atoms with Crippen LogP contribution < -0.4 is 4.90 Å². The average molecular weight is 362 g/mol. The number of hydrogen-bond donors (Lipinski definition) is 0. The van der Waals surface area contributed by atoms with Crippen LogP contribution in [0.4, 0.5) is 5.69 Å². The van der Waals surface area contributed by atoms with E-state index in [0.717, 1.165) is 5.69 Å². The normalized spacial score (nSPS) is 32.6. The van der Waals surface area contributed by atoms with Crippen LogP contribution in [-0.4, -0.2) is 36.7 Å². The molecule has 1 amide bonds. The summed E-state index contributed by atoms with van der Waals surface area (Å²) in [7, 11) is 0. The van der Waals surface area contributed by atoms with E-state index in [0.29, 0.717) is 18.2 Å². The molecule has 25 heavy (non-hydrogen) atoms. The molecular weight excluding hydrogens is 342 g/mol. The second-order valence-electron chi connectivity index (χ2n) is 7.33. The highest BCUT2D eigenvalue weighted by Crippen LogP contribution is 2.53. The van der Waals surface area contributed by atoms with Gasteiger partial charge in [0.1, 0.15) is 11.5 Å². The number of nitrogens with zero attached hydrogens (tertiary/aromatic N) is 1. The summed E-state index contributed by atoms with van der Waals surface area (Å²) in [5.41, 5.74) is -0.0259. The van der Waals surface area contributed by atoms with Crippen molar-refractivity contribution in [2.45, 2.75) is 25.6 Å². The molecule has 5 nitrogen and oxygen atoms in total. The van der Waals surface area contributed by atoms with Crippen LogP contribution in [0, 0.1) is 17.8 Å². The number of carbonyl (C=O) groups is 2. The van der Waals surface area contributed by atoms with Crippen LogP contribution >= 0.6 is 11.6 Å². The Hall–Kier alpha value is -1.85. The highest BCUT2D eigenvalue weighted by atomic mass is 35.5. The van der Waals surface area contributed by atoms with Gasteiger partial charge in [-0.05, 0) is 24.1 Å². The molecule has 1 spiro atoms. The zero-order valence-corrected chi connectivity index (χ0v) is 14.9. The third-order valence-electron chi connectivity index (χ3n) is 5.05. The molecule has 2 saturated heterocycles. The molecule has 1 aromatic rings. The first-order chi connectivity index (χ1) is 11.9. The van der Waals surface area contributed by atoms with Crippen molar-refractivity contribution in [1.29, 1.82) is 0 Å². The van der Waals surface area contributed by atoms with E-state index in [1.807, 2.05) is 32.1 Å². The molecule has 0 aliphatic carbocycles. The summed E-state index contributed by atoms with van der Waals surface area (Å²) in [6, 6.07) is 7.15. The Balaban J connectivity index is 1.62. The van der Waals surface area contributed by atoms with Crippen molar-refractivity contribution in [2.24, 2.45) is 17.8 Å². The lowest BCUT2D eigenvalue weighted by Crippen LogP contribution is -2.40. The minimum absolute atomic E-state index is 0.111. The molecule has 0 radical (unpaired) electrons. The molecule has 3 heterocycles. The van der Waals surface area contributed by atoms with Gasteiger partial charge in [-0.3, -0.25) is 9.59 Å². The molecule has 2 bridgehead atoms. The van der Waals surface area contributed by atoms with Crippen molar-refractivity contribution < 1.29 is 19.1 Å². The molecular formula is C19H20ClNO4. The third-order valence-corrected chi connectivity index (χ3v) is 5.29. The van der Waals surface area contributed by atoms with Gasteiger partial charge in [-0.2, -0.15) is 0 Å². The molecule has 3 aliphatic rings. The van der Waals surface area contributed by atoms with Crippen molar-refractivity contribution >= 4 is 29.2 Å². The van der Waals surface area contributed by atoms with Gasteiger partial charge >= 0.3 is 5.97 Å². The van der Waals surface area contributed by atoms with Gasteiger partial charge in [0, 0.05) is 10.7 Å². The SMILES string of the molecule is CC(C)COC(=O)[C@@H]1[C@H]2C=C[C@@]3(CN(c4cccc(Cl)c4)C(=O)[C@@H]13)O2. The molecule has 3 aliphatic heterocycles. The van der Waals surface area contributed by atoms with Crippen molar-refractivity contribution in [2.75, 3.05) is 18.1 Å². The fraction of sp³-hybridized carbons (Fsp3) is 0.474. The number of esters is 1. The lowest BCUT2D eigenvalue weighted by Gasteiger charge is -2.23. The molecule has 132 valence electrons. The third kappa shape index (κ3) is 2.57. The van der Waals surface area contributed by atoms with Crippen LogP contribution in [-0.2, 0) is 19.1 Å². The Kier molecular flexibility index (Phi) is 3.89. The summed E-state index contributed by atoms with van der Waals surface area (Å²) in [5, 5.41) is 0.563. The second-order valence-corrected chi connectivity index (χ2v) is 7.76. The summed E-state index contributed by atoms with van der Waals surface area (Å²) in [5.74, 6) is -1.34. The van der Waals surface area contributed by atoms with Crippen molar-refractivity contribution in [3.05, 3.63) is 41.4 Å². The van der Waals surface area contributed by atoms with Crippen LogP contribution in [0.1, 0.15) is 13.8 Å². The molecule has 6 heteroatoms. The predicted octanol–water partition coefficient (Wildman–Crippen LogP) is 2.83. The highest BCUT2D eigenvalue weighted by molar-refractivity contribution is 6.31. The molecule has 0 saturated carbocycles. The number of fused-ring (bicyclic) bond motifs is 1. The number of carbonyl (C=O) groups excluding carboxylic acids is 2. The van der Waals surface area contributed by atoms with Gasteiger partial charge < -0.3 is 14.4 Å². The first-order valence-electron chi connectivity index (χ1n) is 8.52. The number of ether oxygens (including phenoxy) is 2. The summed E-state index contributed by atoms with van der Waals surface area (Å²) in [4.78, 5) is 27.3. The Labute approximate surface area is 151 Å². The molecule has 0 unspecified atom stereocenters. The van der Waals surface area contributed by atoms with Gasteiger partial charge in [0.25, 0.3) is 0 Å². The molecule has 2 fully saturated rings. The van der Waals surface area contributed by atoms with Crippen LogP contribution in [0.5, 0.6) is 0 Å². The van der Waals surface area contributed by atoms with Crippen LogP contribution in [0.15, 0.2) is 36.4 Å². The molecule has 4 rings (SSSR count). The van der Waals surface area contributed by atoms with E-state index in [4.69, 9.17) is 21.1 Å². The zero-order chi connectivity index (χ0) is 17.8. The fourth-order valence-corrected chi connectivity index (χ4v) is 4.16. The predicted molar refractivity (Wildman–Crippen MR) is 93.3 cm³/mol. The maximum atomic E-state index is 13.1. The van der Waals surface area contributed by atoms with E-state index in [1.54, 1.807) is 23.1 Å². The first-order valence-corrected chi connectivity index (χ1v) is 8.90. The number of rotatable bonds is 4. The monoisotopic (exact) mass is 361 g/mol. The minimum atomic E-state index is -0.744. The first kappa shape index (κ1) is 16.6. The minimum Gasteiger partial charge on any atom is -0.465 e. The van der Waals surface area contributed by atoms with Crippen LogP contribution in [0.3, 0.4) is 0 Å². The van der Waals surface area contributed by atoms with E-state index < -0.39 is 17.4 Å². The lowest BCUT2D eigenvalue weighted by atomic mass is 9.77. The largest absolute Gasteiger partial charge is 0.465 e. The smallest absolute Gasteiger partial charge is 0.312 e. The second kappa shape index (κ2) is 5.85. The van der Waals surface area contributed by atoms with Gasteiger partial charge in [0.2, 0.25) is 5.91 Å². The highest BCUT2D eigenvalue weighted by Gasteiger charge is 2.67. The summed E-state index contributed by atoms with van der Waals surface area (Å²) in [6.45, 7) is 4.69. The molecule has 0 N–H and O–H groups in total. The van der Waals surface area contributed by atoms with Gasteiger partial charge in [-0.1, -0.05) is 43.7 Å². The van der Waals surface area contributed by atoms with Crippen molar-refractivity contribution in [3.63, 3.8) is 0 Å². The standard InChI is InChI=1S/C19H20ClNO4/c1-11(2)9-24-18(23)15-14-6-7-19(25-14)10-21(17(22)16(15)19)13-5-3-4-12(20)8-13/h3-8,11,14-16H,9-10H2,1-2H3/t14-,15-,16-,19+/m1/s1. The number of benzene rings is 1. The molecule has 0 aromatic heterocycles. The summed E-state index contributed by atoms with van der Waals surface area (Å²) >= 11 is 6.06. The van der Waals surface area contributed by atoms with E-state index in [9.17, 15) is 9.59 Å². The van der Waals surface area contributed by atoms with E-state index >= 15 is 0 Å². The number of amides is 1. The topological polar surface area (TPSA) is 55.8 Å². The van der Waals surface area contributed by atoms with Crippen molar-refractivity contribution in [1.82, 2.24) is 0 Å². The van der Waals surface area contributed by atoms with Gasteiger partial charge in [0.15, 0.2) is 0 Å². The van der Waals surface area contributed by atoms with E-state index in [1.165, 1.54) is 0 Å². The Morgan fingerprint density at radius 1 is 1.48 bits per heavy atom. The number of halogens is 1. The maximum absolute atomic E-state index is 13.1. The Morgan fingerprint density at radius 2 is 2.28 bits per heavy atom. The van der Waals surface area contributed by atoms with Crippen LogP contribution in [0.2, 0.25) is 5.02 Å². The zero-order valence-electron chi connectivity index (χ0n) is 14.1. The number of hydrogen-bond acceptors (Lipinski definition) is 4. The molecule has 4 atom stereocenters. The summed E-state index contributed by atoms with van der Waals surface area (Å²) in [6.07, 6.45) is 3.43. The number of anilines is 1. The van der Waals surface area contributed by atoms with Gasteiger partial charge in [0.05, 0.1) is 25.2 Å². The van der Waals surface area contributed by atoms with E-state index in [-0.39, 0.29) is 23.9 Å².